The van der Waals surface area contributed by atoms with Crippen molar-refractivity contribution in [3.8, 4) is 0 Å². The van der Waals surface area contributed by atoms with Crippen LogP contribution in [0, 0.1) is 5.82 Å². The van der Waals surface area contributed by atoms with Gasteiger partial charge in [0, 0.05) is 7.05 Å². The summed E-state index contributed by atoms with van der Waals surface area (Å²) >= 11 is 0. The average Bonchev–Trinajstić information content (AvgIpc) is 2.51. The molecular formula is C15H14FN2O2P. The van der Waals surface area contributed by atoms with Gasteiger partial charge in [0.15, 0.2) is 0 Å². The molecule has 0 spiro atoms. The number of anilines is 1. The summed E-state index contributed by atoms with van der Waals surface area (Å²) in [5.41, 5.74) is 1.96. The zero-order valence-corrected chi connectivity index (χ0v) is 12.4. The number of para-hydroxylation sites is 1. The Kier molecular flexibility index (Phi) is 3.62. The van der Waals surface area contributed by atoms with E-state index in [-0.39, 0.29) is 18.3 Å². The van der Waals surface area contributed by atoms with Crippen molar-refractivity contribution in [3.63, 3.8) is 0 Å². The van der Waals surface area contributed by atoms with Crippen molar-refractivity contribution in [1.82, 2.24) is 4.67 Å². The lowest BCUT2D eigenvalue weighted by Gasteiger charge is -2.38. The van der Waals surface area contributed by atoms with Crippen molar-refractivity contribution in [2.45, 2.75) is 6.54 Å². The molecule has 6 heteroatoms. The maximum atomic E-state index is 12.9. The zero-order valence-electron chi connectivity index (χ0n) is 11.4. The summed E-state index contributed by atoms with van der Waals surface area (Å²) in [5, 5.41) is 0. The van der Waals surface area contributed by atoms with Crippen molar-refractivity contribution in [1.29, 1.82) is 0 Å². The second-order valence-electron chi connectivity index (χ2n) is 4.88. The van der Waals surface area contributed by atoms with Gasteiger partial charge in [-0.3, -0.25) is 4.79 Å². The topological polar surface area (TPSA) is 46.6 Å². The summed E-state index contributed by atoms with van der Waals surface area (Å²) in [6.45, 7) is 0.204. The van der Waals surface area contributed by atoms with Crippen LogP contribution in [0.4, 0.5) is 10.1 Å². The van der Waals surface area contributed by atoms with Crippen LogP contribution in [0.5, 0.6) is 0 Å². The summed E-state index contributed by atoms with van der Waals surface area (Å²) in [5.74, 6) is -0.587. The predicted octanol–water partition coefficient (Wildman–Crippen LogP) is 2.24. The predicted molar refractivity (Wildman–Crippen MR) is 79.4 cm³/mol. The van der Waals surface area contributed by atoms with Crippen LogP contribution in [0.3, 0.4) is 0 Å². The molecule has 1 aliphatic rings. The molecule has 0 N–H and O–H groups in total. The molecule has 0 radical (unpaired) electrons. The molecular weight excluding hydrogens is 290 g/mol. The molecule has 0 fully saturated rings. The van der Waals surface area contributed by atoms with Crippen LogP contribution in [0.1, 0.15) is 15.9 Å². The number of amides is 1. The highest BCUT2D eigenvalue weighted by molar-refractivity contribution is 7.50. The van der Waals surface area contributed by atoms with E-state index in [2.05, 4.69) is 0 Å². The third-order valence-electron chi connectivity index (χ3n) is 3.51. The minimum Gasteiger partial charge on any atom is -0.644 e. The van der Waals surface area contributed by atoms with Crippen molar-refractivity contribution >= 4 is 20.0 Å². The molecule has 4 nitrogen and oxygen atoms in total. The highest BCUT2D eigenvalue weighted by Gasteiger charge is 2.36. The van der Waals surface area contributed by atoms with Crippen molar-refractivity contribution < 1.29 is 14.1 Å². The first-order valence-corrected chi connectivity index (χ1v) is 7.81. The molecule has 0 aromatic heterocycles. The number of carbonyl (C=O) groups excluding carboxylic acids is 1. The third kappa shape index (κ3) is 2.50. The molecule has 1 amide bonds. The maximum Gasteiger partial charge on any atom is 0.289 e. The molecule has 3 rings (SSSR count). The van der Waals surface area contributed by atoms with Gasteiger partial charge < -0.3 is 4.89 Å². The highest BCUT2D eigenvalue weighted by atomic mass is 31.2. The van der Waals surface area contributed by atoms with Gasteiger partial charge in [-0.25, -0.2) is 9.06 Å². The van der Waals surface area contributed by atoms with E-state index in [4.69, 9.17) is 0 Å². The number of hydrogen-bond donors (Lipinski definition) is 0. The monoisotopic (exact) mass is 304 g/mol. The Morgan fingerprint density at radius 2 is 1.81 bits per heavy atom. The molecule has 1 unspecified atom stereocenters. The van der Waals surface area contributed by atoms with Crippen molar-refractivity contribution in [3.05, 3.63) is 65.5 Å². The lowest BCUT2D eigenvalue weighted by Crippen LogP contribution is -2.40. The number of nitrogens with zero attached hydrogens (tertiary/aromatic N) is 2. The van der Waals surface area contributed by atoms with E-state index in [1.54, 1.807) is 42.0 Å². The minimum atomic E-state index is -2.40. The summed E-state index contributed by atoms with van der Waals surface area (Å²) in [7, 11) is -0.691. The van der Waals surface area contributed by atoms with Gasteiger partial charge in [0.05, 0.1) is 17.8 Å². The molecule has 1 atom stereocenters. The van der Waals surface area contributed by atoms with Crippen LogP contribution in [-0.4, -0.2) is 17.6 Å². The number of fused-ring (bicyclic) bond motifs is 1. The average molecular weight is 304 g/mol. The van der Waals surface area contributed by atoms with Gasteiger partial charge in [0.1, 0.15) is 14.3 Å². The maximum absolute atomic E-state index is 12.9. The van der Waals surface area contributed by atoms with E-state index < -0.39 is 8.45 Å². The second-order valence-corrected chi connectivity index (χ2v) is 6.65. The highest BCUT2D eigenvalue weighted by Crippen LogP contribution is 2.46. The van der Waals surface area contributed by atoms with Crippen LogP contribution in [0.2, 0.25) is 0 Å². The normalized spacial score (nSPS) is 17.9. The third-order valence-corrected chi connectivity index (χ3v) is 5.15. The van der Waals surface area contributed by atoms with Crippen LogP contribution in [-0.2, 0) is 6.54 Å². The molecule has 0 saturated heterocycles. The van der Waals surface area contributed by atoms with Gasteiger partial charge in [-0.15, -0.1) is 0 Å². The van der Waals surface area contributed by atoms with Crippen LogP contribution < -0.4 is 9.56 Å². The Morgan fingerprint density at radius 1 is 1.14 bits per heavy atom. The summed E-state index contributed by atoms with van der Waals surface area (Å²) in [6.07, 6.45) is 0. The van der Waals surface area contributed by atoms with Crippen LogP contribution in [0.25, 0.3) is 0 Å². The summed E-state index contributed by atoms with van der Waals surface area (Å²) < 4.78 is 15.9. The van der Waals surface area contributed by atoms with Crippen molar-refractivity contribution in [2.24, 2.45) is 0 Å². The Hall–Kier alpha value is -1.97. The second kappa shape index (κ2) is 5.43. The SMILES string of the molecule is CN1c2ccccc2C(=O)N(Cc2ccc(F)cc2)[PH+]1[O-]. The Morgan fingerprint density at radius 3 is 2.52 bits per heavy atom. The molecule has 2 aromatic rings. The minimum absolute atomic E-state index is 0.204. The fourth-order valence-electron chi connectivity index (χ4n) is 2.38. The first kappa shape index (κ1) is 14.0. The molecule has 0 bridgehead atoms. The summed E-state index contributed by atoms with van der Waals surface area (Å²) in [6, 6.07) is 13.0. The van der Waals surface area contributed by atoms with Gasteiger partial charge >= 0.3 is 0 Å². The van der Waals surface area contributed by atoms with Gasteiger partial charge in [0.2, 0.25) is 0 Å². The molecule has 1 heterocycles. The molecule has 2 aromatic carbocycles. The van der Waals surface area contributed by atoms with Crippen molar-refractivity contribution in [2.75, 3.05) is 11.7 Å². The Bertz CT molecular complexity index is 678. The van der Waals surface area contributed by atoms with Gasteiger partial charge in [-0.1, -0.05) is 24.3 Å². The van der Waals surface area contributed by atoms with Crippen LogP contribution >= 0.6 is 8.45 Å². The zero-order chi connectivity index (χ0) is 15.0. The first-order chi connectivity index (χ1) is 10.1. The quantitative estimate of drug-likeness (QED) is 0.799. The van der Waals surface area contributed by atoms with E-state index in [1.807, 2.05) is 6.07 Å². The van der Waals surface area contributed by atoms with Crippen LogP contribution in [0.15, 0.2) is 48.5 Å². The number of hydrogen-bond acceptors (Lipinski definition) is 3. The summed E-state index contributed by atoms with van der Waals surface area (Å²) in [4.78, 5) is 25.0. The first-order valence-electron chi connectivity index (χ1n) is 6.51. The molecule has 21 heavy (non-hydrogen) atoms. The molecule has 108 valence electrons. The van der Waals surface area contributed by atoms with E-state index in [1.165, 1.54) is 16.8 Å². The van der Waals surface area contributed by atoms with Gasteiger partial charge in [-0.2, -0.15) is 4.67 Å². The fraction of sp³-hybridized carbons (Fsp3) is 0.133. The smallest absolute Gasteiger partial charge is 0.289 e. The number of carbonyl (C=O) groups is 1. The Labute approximate surface area is 123 Å². The van der Waals surface area contributed by atoms with E-state index >= 15 is 0 Å². The molecule has 0 saturated carbocycles. The standard InChI is InChI=1S/C15H14FN2O2P/c1-17-14-5-3-2-4-13(14)15(19)18(21(17)20)10-11-6-8-12(16)9-7-11/h2-9,21H,10H2,1H3. The molecule has 1 aliphatic heterocycles. The Balaban J connectivity index is 1.93. The largest absolute Gasteiger partial charge is 0.644 e. The van der Waals surface area contributed by atoms with Gasteiger partial charge in [0.25, 0.3) is 5.91 Å². The lowest BCUT2D eigenvalue weighted by atomic mass is 10.1. The molecule has 0 aliphatic carbocycles. The van der Waals surface area contributed by atoms with E-state index in [0.717, 1.165) is 5.56 Å². The lowest BCUT2D eigenvalue weighted by molar-refractivity contribution is -0.169. The van der Waals surface area contributed by atoms with E-state index in [9.17, 15) is 14.1 Å². The number of rotatable bonds is 2. The number of halogens is 1. The fourth-order valence-corrected chi connectivity index (χ4v) is 3.75. The van der Waals surface area contributed by atoms with E-state index in [0.29, 0.717) is 11.3 Å². The van der Waals surface area contributed by atoms with Gasteiger partial charge in [-0.05, 0) is 29.8 Å². The number of benzene rings is 2.